The van der Waals surface area contributed by atoms with E-state index in [-0.39, 0.29) is 24.4 Å². The van der Waals surface area contributed by atoms with Crippen LogP contribution in [0, 0.1) is 0 Å². The fourth-order valence-corrected chi connectivity index (χ4v) is 2.90. The van der Waals surface area contributed by atoms with Crippen LogP contribution < -0.4 is 10.2 Å². The van der Waals surface area contributed by atoms with Gasteiger partial charge in [0.05, 0.1) is 7.05 Å². The van der Waals surface area contributed by atoms with E-state index in [4.69, 9.17) is 11.6 Å². The highest BCUT2D eigenvalue weighted by Crippen LogP contribution is 2.13. The molecule has 0 bridgehead atoms. The number of rotatable bonds is 8. The molecule has 0 aliphatic rings. The lowest BCUT2D eigenvalue weighted by Crippen LogP contribution is -3.15. The summed E-state index contributed by atoms with van der Waals surface area (Å²) in [6.45, 7) is 5.24. The summed E-state index contributed by atoms with van der Waals surface area (Å²) in [6.07, 6.45) is 0. The molecule has 5 nitrogen and oxygen atoms in total. The van der Waals surface area contributed by atoms with Crippen LogP contribution in [0.3, 0.4) is 0 Å². The molecule has 0 aromatic heterocycles. The molecule has 0 saturated carbocycles. The molecular formula is C21H27ClN3O2+. The van der Waals surface area contributed by atoms with E-state index < -0.39 is 0 Å². The Morgan fingerprint density at radius 2 is 1.74 bits per heavy atom. The molecule has 0 aliphatic carbocycles. The third-order valence-electron chi connectivity index (χ3n) is 4.59. The van der Waals surface area contributed by atoms with Crippen molar-refractivity contribution in [1.29, 1.82) is 0 Å². The number of carbonyl (C=O) groups excluding carboxylic acids is 2. The minimum Gasteiger partial charge on any atom is -0.334 e. The van der Waals surface area contributed by atoms with Crippen LogP contribution >= 0.6 is 11.6 Å². The number of carbonyl (C=O) groups is 2. The minimum absolute atomic E-state index is 0.0399. The van der Waals surface area contributed by atoms with Crippen molar-refractivity contribution in [2.45, 2.75) is 26.4 Å². The number of benzene rings is 2. The number of quaternary nitrogens is 1. The second kappa shape index (κ2) is 10.1. The maximum Gasteiger partial charge on any atom is 0.280 e. The SMILES string of the molecule is CCN(Cc1ccccc1)C(=O)[C@@H](C)[NH+](C)CC(=O)Nc1ccc(Cl)cc1. The lowest BCUT2D eigenvalue weighted by molar-refractivity contribution is -0.886. The first kappa shape index (κ1) is 20.9. The van der Waals surface area contributed by atoms with Gasteiger partial charge in [-0.15, -0.1) is 0 Å². The molecule has 144 valence electrons. The molecule has 2 rings (SSSR count). The van der Waals surface area contributed by atoms with Gasteiger partial charge in [-0.25, -0.2) is 0 Å². The van der Waals surface area contributed by atoms with Gasteiger partial charge in [0, 0.05) is 23.8 Å². The van der Waals surface area contributed by atoms with Crippen molar-refractivity contribution in [3.05, 3.63) is 65.2 Å². The number of hydrogen-bond donors (Lipinski definition) is 2. The van der Waals surface area contributed by atoms with E-state index in [1.807, 2.05) is 56.1 Å². The van der Waals surface area contributed by atoms with Crippen molar-refractivity contribution < 1.29 is 14.5 Å². The summed E-state index contributed by atoms with van der Waals surface area (Å²) in [4.78, 5) is 27.8. The van der Waals surface area contributed by atoms with Crippen molar-refractivity contribution in [3.63, 3.8) is 0 Å². The first-order valence-corrected chi connectivity index (χ1v) is 9.49. The molecule has 0 heterocycles. The Hall–Kier alpha value is -2.37. The number of nitrogens with zero attached hydrogens (tertiary/aromatic N) is 1. The highest BCUT2D eigenvalue weighted by Gasteiger charge is 2.27. The van der Waals surface area contributed by atoms with Gasteiger partial charge in [-0.05, 0) is 43.7 Å². The van der Waals surface area contributed by atoms with Crippen molar-refractivity contribution >= 4 is 29.1 Å². The second-order valence-electron chi connectivity index (χ2n) is 6.64. The van der Waals surface area contributed by atoms with Crippen molar-refractivity contribution in [2.75, 3.05) is 25.5 Å². The summed E-state index contributed by atoms with van der Waals surface area (Å²) in [7, 11) is 1.86. The summed E-state index contributed by atoms with van der Waals surface area (Å²) >= 11 is 5.85. The topological polar surface area (TPSA) is 53.9 Å². The zero-order valence-corrected chi connectivity index (χ0v) is 16.8. The quantitative estimate of drug-likeness (QED) is 0.728. The zero-order chi connectivity index (χ0) is 19.8. The Morgan fingerprint density at radius 1 is 1.11 bits per heavy atom. The van der Waals surface area contributed by atoms with Crippen LogP contribution in [-0.4, -0.2) is 42.9 Å². The van der Waals surface area contributed by atoms with Crippen molar-refractivity contribution in [2.24, 2.45) is 0 Å². The monoisotopic (exact) mass is 388 g/mol. The van der Waals surface area contributed by atoms with Gasteiger partial charge < -0.3 is 15.1 Å². The van der Waals surface area contributed by atoms with E-state index in [0.717, 1.165) is 10.5 Å². The average molecular weight is 389 g/mol. The first-order chi connectivity index (χ1) is 12.9. The van der Waals surface area contributed by atoms with Crippen LogP contribution in [0.5, 0.6) is 0 Å². The van der Waals surface area contributed by atoms with Gasteiger partial charge in [-0.3, -0.25) is 9.59 Å². The third-order valence-corrected chi connectivity index (χ3v) is 4.84. The van der Waals surface area contributed by atoms with Gasteiger partial charge in [0.2, 0.25) is 0 Å². The molecule has 0 aliphatic heterocycles. The van der Waals surface area contributed by atoms with E-state index >= 15 is 0 Å². The lowest BCUT2D eigenvalue weighted by atomic mass is 10.2. The number of nitrogens with one attached hydrogen (secondary N) is 2. The Kier molecular flexibility index (Phi) is 7.82. The molecule has 0 saturated heterocycles. The summed E-state index contributed by atoms with van der Waals surface area (Å²) in [6, 6.07) is 16.6. The fraction of sp³-hybridized carbons (Fsp3) is 0.333. The molecular weight excluding hydrogens is 362 g/mol. The third kappa shape index (κ3) is 6.38. The summed E-state index contributed by atoms with van der Waals surface area (Å²) < 4.78 is 0. The average Bonchev–Trinajstić information content (AvgIpc) is 2.67. The Morgan fingerprint density at radius 3 is 2.33 bits per heavy atom. The minimum atomic E-state index is -0.315. The standard InChI is InChI=1S/C21H26ClN3O2/c1-4-25(14-17-8-6-5-7-9-17)21(27)16(2)24(3)15-20(26)23-19-12-10-18(22)11-13-19/h5-13,16H,4,14-15H2,1-3H3,(H,23,26)/p+1/t16-/m1/s1. The molecule has 1 unspecified atom stereocenters. The summed E-state index contributed by atoms with van der Waals surface area (Å²) in [5.41, 5.74) is 1.79. The molecule has 2 atom stereocenters. The van der Waals surface area contributed by atoms with Gasteiger partial charge >= 0.3 is 0 Å². The summed E-state index contributed by atoms with van der Waals surface area (Å²) in [5, 5.41) is 3.45. The normalized spacial score (nSPS) is 12.9. The van der Waals surface area contributed by atoms with Gasteiger partial charge in [-0.2, -0.15) is 0 Å². The van der Waals surface area contributed by atoms with Crippen LogP contribution in [0.15, 0.2) is 54.6 Å². The largest absolute Gasteiger partial charge is 0.334 e. The van der Waals surface area contributed by atoms with Crippen LogP contribution in [0.1, 0.15) is 19.4 Å². The number of amides is 2. The number of anilines is 1. The number of hydrogen-bond acceptors (Lipinski definition) is 2. The molecule has 2 aromatic carbocycles. The van der Waals surface area contributed by atoms with Crippen molar-refractivity contribution in [3.8, 4) is 0 Å². The number of halogens is 1. The molecule has 2 N–H and O–H groups in total. The zero-order valence-electron chi connectivity index (χ0n) is 16.0. The molecule has 2 amide bonds. The molecule has 2 aromatic rings. The Balaban J connectivity index is 1.91. The lowest BCUT2D eigenvalue weighted by Gasteiger charge is -2.27. The second-order valence-corrected chi connectivity index (χ2v) is 7.07. The van der Waals surface area contributed by atoms with Crippen LogP contribution in [0.4, 0.5) is 5.69 Å². The van der Waals surface area contributed by atoms with Gasteiger partial charge in [-0.1, -0.05) is 41.9 Å². The molecule has 0 fully saturated rings. The number of likely N-dealkylation sites (N-methyl/N-ethyl adjacent to an activating group) is 2. The van der Waals surface area contributed by atoms with Gasteiger partial charge in [0.15, 0.2) is 12.6 Å². The Bertz CT molecular complexity index is 750. The van der Waals surface area contributed by atoms with E-state index in [0.29, 0.717) is 23.8 Å². The Labute approximate surface area is 165 Å². The smallest absolute Gasteiger partial charge is 0.280 e. The summed E-state index contributed by atoms with van der Waals surface area (Å²) in [5.74, 6) is -0.0984. The van der Waals surface area contributed by atoms with Crippen molar-refractivity contribution in [1.82, 2.24) is 4.90 Å². The maximum absolute atomic E-state index is 12.9. The van der Waals surface area contributed by atoms with E-state index in [1.165, 1.54) is 0 Å². The van der Waals surface area contributed by atoms with Crippen LogP contribution in [-0.2, 0) is 16.1 Å². The predicted octanol–water partition coefficient (Wildman–Crippen LogP) is 2.23. The van der Waals surface area contributed by atoms with E-state index in [9.17, 15) is 9.59 Å². The van der Waals surface area contributed by atoms with E-state index in [1.54, 1.807) is 24.3 Å². The predicted molar refractivity (Wildman–Crippen MR) is 109 cm³/mol. The fourth-order valence-electron chi connectivity index (χ4n) is 2.78. The molecule has 0 radical (unpaired) electrons. The van der Waals surface area contributed by atoms with Crippen LogP contribution in [0.2, 0.25) is 5.02 Å². The van der Waals surface area contributed by atoms with Crippen LogP contribution in [0.25, 0.3) is 0 Å². The van der Waals surface area contributed by atoms with Gasteiger partial charge in [0.25, 0.3) is 11.8 Å². The first-order valence-electron chi connectivity index (χ1n) is 9.11. The molecule has 6 heteroatoms. The molecule has 27 heavy (non-hydrogen) atoms. The highest BCUT2D eigenvalue weighted by atomic mass is 35.5. The highest BCUT2D eigenvalue weighted by molar-refractivity contribution is 6.30. The van der Waals surface area contributed by atoms with E-state index in [2.05, 4.69) is 5.32 Å². The maximum atomic E-state index is 12.9. The van der Waals surface area contributed by atoms with Gasteiger partial charge in [0.1, 0.15) is 0 Å². The molecule has 0 spiro atoms.